The number of urea groups is 2. The van der Waals surface area contributed by atoms with Gasteiger partial charge < -0.3 is 0 Å². The van der Waals surface area contributed by atoms with E-state index < -0.39 is 23.9 Å². The number of carbonyl (C=O) groups is 4. The lowest BCUT2D eigenvalue weighted by molar-refractivity contribution is -0.120. The molecule has 112 valence electrons. The summed E-state index contributed by atoms with van der Waals surface area (Å²) < 4.78 is 0. The number of benzene rings is 1. The van der Waals surface area contributed by atoms with Crippen molar-refractivity contribution in [2.75, 3.05) is 0 Å². The molecule has 21 heavy (non-hydrogen) atoms. The van der Waals surface area contributed by atoms with E-state index in [0.29, 0.717) is 0 Å². The van der Waals surface area contributed by atoms with Crippen LogP contribution in [0.1, 0.15) is 30.6 Å². The second-order valence-corrected chi connectivity index (χ2v) is 4.75. The molecule has 0 radical (unpaired) electrons. The van der Waals surface area contributed by atoms with E-state index in [1.807, 2.05) is 29.8 Å². The predicted octanol–water partition coefficient (Wildman–Crippen LogP) is 1.41. The highest BCUT2D eigenvalue weighted by molar-refractivity contribution is 6.09. The molecule has 3 N–H and O–H groups in total. The van der Waals surface area contributed by atoms with E-state index in [4.69, 9.17) is 0 Å². The van der Waals surface area contributed by atoms with E-state index in [-0.39, 0.29) is 17.9 Å². The molecule has 0 aliphatic heterocycles. The maximum Gasteiger partial charge on any atom is 0.329 e. The molecule has 0 bridgehead atoms. The summed E-state index contributed by atoms with van der Waals surface area (Å²) in [7, 11) is 0. The number of rotatable bonds is 3. The molecular weight excluding hydrogens is 274 g/mol. The minimum absolute atomic E-state index is 0.0892. The number of carbonyl (C=O) groups excluding carboxylic acids is 4. The largest absolute Gasteiger partial charge is 0.329 e. The summed E-state index contributed by atoms with van der Waals surface area (Å²) in [5.74, 6) is -1.05. The second-order valence-electron chi connectivity index (χ2n) is 4.75. The van der Waals surface area contributed by atoms with E-state index in [0.717, 1.165) is 0 Å². The molecular formula is C14H17N3O4. The summed E-state index contributed by atoms with van der Waals surface area (Å²) in [4.78, 5) is 45.7. The monoisotopic (exact) mass is 291 g/mol. The van der Waals surface area contributed by atoms with Crippen LogP contribution in [0.5, 0.6) is 0 Å². The summed E-state index contributed by atoms with van der Waals surface area (Å²) >= 11 is 0. The average Bonchev–Trinajstić information content (AvgIpc) is 2.37. The molecule has 0 heterocycles. The smallest absolute Gasteiger partial charge is 0.278 e. The van der Waals surface area contributed by atoms with Crippen molar-refractivity contribution >= 4 is 23.9 Å². The van der Waals surface area contributed by atoms with E-state index in [1.165, 1.54) is 12.1 Å². The summed E-state index contributed by atoms with van der Waals surface area (Å²) in [5.41, 5.74) is 0.281. The molecule has 1 rings (SSSR count). The fraction of sp³-hybridized carbons (Fsp3) is 0.286. The Balaban J connectivity index is 2.41. The van der Waals surface area contributed by atoms with Gasteiger partial charge in [0, 0.05) is 12.0 Å². The third-order valence-corrected chi connectivity index (χ3v) is 2.34. The van der Waals surface area contributed by atoms with E-state index in [9.17, 15) is 19.2 Å². The number of hydrogen-bond acceptors (Lipinski definition) is 4. The van der Waals surface area contributed by atoms with Crippen molar-refractivity contribution < 1.29 is 19.2 Å². The zero-order valence-electron chi connectivity index (χ0n) is 11.8. The highest BCUT2D eigenvalue weighted by atomic mass is 16.2. The highest BCUT2D eigenvalue weighted by Crippen LogP contribution is 1.98. The molecule has 0 fully saturated rings. The summed E-state index contributed by atoms with van der Waals surface area (Å²) in [6, 6.07) is 6.08. The van der Waals surface area contributed by atoms with Crippen molar-refractivity contribution in [1.29, 1.82) is 0 Å². The van der Waals surface area contributed by atoms with Gasteiger partial charge >= 0.3 is 12.1 Å². The Labute approximate surface area is 122 Å². The molecule has 0 unspecified atom stereocenters. The van der Waals surface area contributed by atoms with Gasteiger partial charge in [0.1, 0.15) is 0 Å². The van der Waals surface area contributed by atoms with Crippen LogP contribution in [-0.4, -0.2) is 23.9 Å². The Kier molecular flexibility index (Phi) is 6.06. The van der Waals surface area contributed by atoms with Gasteiger partial charge in [-0.2, -0.15) is 0 Å². The quantitative estimate of drug-likeness (QED) is 0.783. The van der Waals surface area contributed by atoms with Gasteiger partial charge in [0.2, 0.25) is 5.91 Å². The third-order valence-electron chi connectivity index (χ3n) is 2.34. The first-order valence-corrected chi connectivity index (χ1v) is 6.39. The normalized spacial score (nSPS) is 9.86. The van der Waals surface area contributed by atoms with Crippen LogP contribution < -0.4 is 16.0 Å². The molecule has 0 atom stereocenters. The molecule has 7 nitrogen and oxygen atoms in total. The summed E-state index contributed by atoms with van der Waals surface area (Å²) in [5, 5.41) is 5.82. The zero-order chi connectivity index (χ0) is 15.8. The number of imide groups is 3. The van der Waals surface area contributed by atoms with Crippen LogP contribution in [0.2, 0.25) is 0 Å². The van der Waals surface area contributed by atoms with Crippen LogP contribution in [0.25, 0.3) is 0 Å². The molecule has 0 aliphatic rings. The number of amides is 6. The van der Waals surface area contributed by atoms with Crippen LogP contribution in [0.15, 0.2) is 30.3 Å². The maximum atomic E-state index is 11.6. The second kappa shape index (κ2) is 7.78. The van der Waals surface area contributed by atoms with Gasteiger partial charge in [-0.1, -0.05) is 32.0 Å². The molecule has 0 saturated heterocycles. The Morgan fingerprint density at radius 3 is 2.05 bits per heavy atom. The fourth-order valence-corrected chi connectivity index (χ4v) is 1.48. The minimum Gasteiger partial charge on any atom is -0.278 e. The van der Waals surface area contributed by atoms with E-state index in [2.05, 4.69) is 0 Å². The predicted molar refractivity (Wildman–Crippen MR) is 75.4 cm³/mol. The Bertz CT molecular complexity index is 540. The molecule has 1 aromatic rings. The molecule has 7 heteroatoms. The molecule has 0 saturated carbocycles. The van der Waals surface area contributed by atoms with Crippen molar-refractivity contribution in [3.63, 3.8) is 0 Å². The van der Waals surface area contributed by atoms with Crippen molar-refractivity contribution in [2.45, 2.75) is 20.3 Å². The lowest BCUT2D eigenvalue weighted by Gasteiger charge is -2.08. The standard InChI is InChI=1S/C14H17N3O4/c1-9(2)8-11(18)15-13(20)17-14(21)16-12(19)10-6-4-3-5-7-10/h3-7,9H,8H2,1-2H3,(H3,15,16,17,18,19,20,21). The maximum absolute atomic E-state index is 11.6. The van der Waals surface area contributed by atoms with Crippen molar-refractivity contribution in [3.8, 4) is 0 Å². The molecule has 1 aromatic carbocycles. The lowest BCUT2D eigenvalue weighted by atomic mass is 10.1. The molecule has 0 aromatic heterocycles. The lowest BCUT2D eigenvalue weighted by Crippen LogP contribution is -2.48. The van der Waals surface area contributed by atoms with Crippen LogP contribution in [0.3, 0.4) is 0 Å². The van der Waals surface area contributed by atoms with Crippen molar-refractivity contribution in [1.82, 2.24) is 16.0 Å². The fourth-order valence-electron chi connectivity index (χ4n) is 1.48. The van der Waals surface area contributed by atoms with Gasteiger partial charge in [0.15, 0.2) is 0 Å². The van der Waals surface area contributed by atoms with Gasteiger partial charge in [-0.15, -0.1) is 0 Å². The Morgan fingerprint density at radius 1 is 0.905 bits per heavy atom. The van der Waals surface area contributed by atoms with Crippen molar-refractivity contribution in [2.24, 2.45) is 5.92 Å². The first-order valence-electron chi connectivity index (χ1n) is 6.39. The van der Waals surface area contributed by atoms with Gasteiger partial charge in [0.25, 0.3) is 5.91 Å². The van der Waals surface area contributed by atoms with E-state index in [1.54, 1.807) is 18.2 Å². The number of nitrogens with one attached hydrogen (secondary N) is 3. The molecule has 6 amide bonds. The highest BCUT2D eigenvalue weighted by Gasteiger charge is 2.14. The first kappa shape index (κ1) is 16.4. The van der Waals surface area contributed by atoms with E-state index >= 15 is 0 Å². The van der Waals surface area contributed by atoms with Crippen LogP contribution in [-0.2, 0) is 4.79 Å². The van der Waals surface area contributed by atoms with Crippen molar-refractivity contribution in [3.05, 3.63) is 35.9 Å². The summed E-state index contributed by atoms with van der Waals surface area (Å²) in [6.07, 6.45) is 0.165. The number of hydrogen-bond donors (Lipinski definition) is 3. The van der Waals surface area contributed by atoms with Gasteiger partial charge in [0.05, 0.1) is 0 Å². The van der Waals surface area contributed by atoms with Crippen LogP contribution in [0, 0.1) is 5.92 Å². The summed E-state index contributed by atoms with van der Waals surface area (Å²) in [6.45, 7) is 3.64. The SMILES string of the molecule is CC(C)CC(=O)NC(=O)NC(=O)NC(=O)c1ccccc1. The van der Waals surface area contributed by atoms with Crippen LogP contribution in [0.4, 0.5) is 9.59 Å². The minimum atomic E-state index is -1.00. The third kappa shape index (κ3) is 6.33. The van der Waals surface area contributed by atoms with Crippen LogP contribution >= 0.6 is 0 Å². The van der Waals surface area contributed by atoms with Gasteiger partial charge in [-0.05, 0) is 18.1 Å². The van der Waals surface area contributed by atoms with Gasteiger partial charge in [-0.25, -0.2) is 9.59 Å². The molecule has 0 aliphatic carbocycles. The average molecular weight is 291 g/mol. The van der Waals surface area contributed by atoms with Gasteiger partial charge in [-0.3, -0.25) is 25.5 Å². The Hall–Kier alpha value is -2.70. The zero-order valence-corrected chi connectivity index (χ0v) is 11.8. The Morgan fingerprint density at radius 2 is 1.48 bits per heavy atom. The topological polar surface area (TPSA) is 104 Å². The first-order chi connectivity index (χ1) is 9.88. The molecule has 0 spiro atoms.